The molecule has 4 rings (SSSR count). The van der Waals surface area contributed by atoms with Crippen molar-refractivity contribution in [1.29, 1.82) is 0 Å². The molecule has 1 saturated carbocycles. The van der Waals surface area contributed by atoms with Gasteiger partial charge in [-0.15, -0.1) is 0 Å². The van der Waals surface area contributed by atoms with Crippen LogP contribution in [-0.4, -0.2) is 0 Å². The zero-order chi connectivity index (χ0) is 12.7. The van der Waals surface area contributed by atoms with Gasteiger partial charge in [-0.2, -0.15) is 0 Å². The van der Waals surface area contributed by atoms with Crippen LogP contribution in [-0.2, 0) is 0 Å². The van der Waals surface area contributed by atoms with Gasteiger partial charge in [0.1, 0.15) is 11.3 Å². The minimum absolute atomic E-state index is 0.905. The van der Waals surface area contributed by atoms with E-state index in [0.717, 1.165) is 23.2 Å². The minimum Gasteiger partial charge on any atom is -0.456 e. The monoisotopic (exact) mass is 252 g/mol. The molecule has 1 nitrogen and oxygen atoms in total. The van der Waals surface area contributed by atoms with Crippen LogP contribution in [0, 0.1) is 11.8 Å². The summed E-state index contributed by atoms with van der Waals surface area (Å²) in [7, 11) is 0. The summed E-state index contributed by atoms with van der Waals surface area (Å²) in [5, 5.41) is 1.23. The predicted molar refractivity (Wildman–Crippen MR) is 78.9 cm³/mol. The maximum absolute atomic E-state index is 6.02. The first-order chi connectivity index (χ1) is 9.40. The first-order valence-electron chi connectivity index (χ1n) is 7.58. The van der Waals surface area contributed by atoms with E-state index in [4.69, 9.17) is 4.42 Å². The van der Waals surface area contributed by atoms with Crippen LogP contribution in [0.15, 0.2) is 40.8 Å². The molecule has 0 saturated heterocycles. The van der Waals surface area contributed by atoms with Gasteiger partial charge in [0, 0.05) is 5.39 Å². The van der Waals surface area contributed by atoms with Gasteiger partial charge in [0.2, 0.25) is 0 Å². The summed E-state index contributed by atoms with van der Waals surface area (Å²) in [6.07, 6.45) is 10.6. The van der Waals surface area contributed by atoms with Crippen molar-refractivity contribution < 1.29 is 4.42 Å². The fraction of sp³-hybridized carbons (Fsp3) is 0.444. The molecule has 0 bridgehead atoms. The Hall–Kier alpha value is -1.50. The third kappa shape index (κ3) is 2.01. The summed E-state index contributed by atoms with van der Waals surface area (Å²) >= 11 is 0. The highest BCUT2D eigenvalue weighted by Gasteiger charge is 2.29. The second kappa shape index (κ2) is 4.56. The van der Waals surface area contributed by atoms with Crippen LogP contribution < -0.4 is 0 Å². The van der Waals surface area contributed by atoms with Crippen LogP contribution in [0.3, 0.4) is 0 Å². The van der Waals surface area contributed by atoms with Gasteiger partial charge in [-0.25, -0.2) is 0 Å². The molecule has 0 N–H and O–H groups in total. The molecule has 2 unspecified atom stereocenters. The largest absolute Gasteiger partial charge is 0.456 e. The summed E-state index contributed by atoms with van der Waals surface area (Å²) < 4.78 is 6.02. The van der Waals surface area contributed by atoms with E-state index in [2.05, 4.69) is 30.3 Å². The quantitative estimate of drug-likeness (QED) is 0.660. The van der Waals surface area contributed by atoms with E-state index in [0.29, 0.717) is 0 Å². The summed E-state index contributed by atoms with van der Waals surface area (Å²) in [5.41, 5.74) is 2.46. The highest BCUT2D eigenvalue weighted by Crippen LogP contribution is 2.43. The Morgan fingerprint density at radius 3 is 2.74 bits per heavy atom. The van der Waals surface area contributed by atoms with Gasteiger partial charge in [0.15, 0.2) is 0 Å². The highest BCUT2D eigenvalue weighted by atomic mass is 16.3. The molecule has 19 heavy (non-hydrogen) atoms. The van der Waals surface area contributed by atoms with E-state index in [1.807, 2.05) is 6.07 Å². The van der Waals surface area contributed by atoms with Crippen LogP contribution in [0.4, 0.5) is 0 Å². The van der Waals surface area contributed by atoms with Crippen LogP contribution in [0.25, 0.3) is 16.5 Å². The zero-order valence-electron chi connectivity index (χ0n) is 11.3. The number of furan rings is 1. The number of rotatable bonds is 1. The Labute approximate surface area is 114 Å². The predicted octanol–water partition coefficient (Wildman–Crippen LogP) is 5.42. The number of allylic oxidation sites excluding steroid dienone is 2. The first-order valence-corrected chi connectivity index (χ1v) is 7.58. The van der Waals surface area contributed by atoms with E-state index < -0.39 is 0 Å². The van der Waals surface area contributed by atoms with Crippen LogP contribution in [0.2, 0.25) is 0 Å². The second-order valence-electron chi connectivity index (χ2n) is 6.12. The maximum Gasteiger partial charge on any atom is 0.134 e. The van der Waals surface area contributed by atoms with Gasteiger partial charge in [-0.3, -0.25) is 0 Å². The summed E-state index contributed by atoms with van der Waals surface area (Å²) in [5.74, 6) is 2.95. The van der Waals surface area contributed by atoms with Gasteiger partial charge >= 0.3 is 0 Å². The van der Waals surface area contributed by atoms with Crippen molar-refractivity contribution in [3.05, 3.63) is 42.2 Å². The van der Waals surface area contributed by atoms with E-state index >= 15 is 0 Å². The lowest BCUT2D eigenvalue weighted by Gasteiger charge is -2.34. The standard InChI is InChI=1S/C18H20O/c1-2-6-14-11-16(10-9-13(14)5-1)18-12-15-7-3-4-8-17(15)19-18/h3-4,7-8,10,12-14H,1-2,5-6,9,11H2. The molecule has 1 heterocycles. The fourth-order valence-corrected chi connectivity index (χ4v) is 3.86. The second-order valence-corrected chi connectivity index (χ2v) is 6.12. The lowest BCUT2D eigenvalue weighted by atomic mass is 9.71. The third-order valence-corrected chi connectivity index (χ3v) is 4.96. The smallest absolute Gasteiger partial charge is 0.134 e. The van der Waals surface area contributed by atoms with Gasteiger partial charge < -0.3 is 4.42 Å². The summed E-state index contributed by atoms with van der Waals surface area (Å²) in [4.78, 5) is 0. The molecule has 0 spiro atoms. The zero-order valence-corrected chi connectivity index (χ0v) is 11.3. The maximum atomic E-state index is 6.02. The van der Waals surface area contributed by atoms with Crippen molar-refractivity contribution >= 4 is 16.5 Å². The Balaban J connectivity index is 1.66. The number of benzene rings is 1. The molecule has 1 aromatic heterocycles. The molecular formula is C18H20O. The van der Waals surface area contributed by atoms with Crippen molar-refractivity contribution in [3.63, 3.8) is 0 Å². The first kappa shape index (κ1) is 11.3. The van der Waals surface area contributed by atoms with Crippen molar-refractivity contribution in [1.82, 2.24) is 0 Å². The molecule has 2 aromatic rings. The molecule has 0 radical (unpaired) electrons. The van der Waals surface area contributed by atoms with E-state index in [-0.39, 0.29) is 0 Å². The minimum atomic E-state index is 0.905. The van der Waals surface area contributed by atoms with E-state index in [1.54, 1.807) is 0 Å². The van der Waals surface area contributed by atoms with Crippen LogP contribution in [0.5, 0.6) is 0 Å². The average molecular weight is 252 g/mol. The lowest BCUT2D eigenvalue weighted by Crippen LogP contribution is -2.22. The highest BCUT2D eigenvalue weighted by molar-refractivity contribution is 5.82. The van der Waals surface area contributed by atoms with E-state index in [1.165, 1.54) is 49.5 Å². The lowest BCUT2D eigenvalue weighted by molar-refractivity contribution is 0.234. The van der Waals surface area contributed by atoms with Gasteiger partial charge in [0.05, 0.1) is 0 Å². The molecular weight excluding hydrogens is 232 g/mol. The average Bonchev–Trinajstić information content (AvgIpc) is 2.90. The topological polar surface area (TPSA) is 13.1 Å². The molecule has 0 amide bonds. The van der Waals surface area contributed by atoms with Crippen molar-refractivity contribution in [3.8, 4) is 0 Å². The SMILES string of the molecule is C1=C(c2cc3ccccc3o2)CC2CCCCC2C1. The molecule has 1 heteroatoms. The van der Waals surface area contributed by atoms with Gasteiger partial charge in [-0.1, -0.05) is 37.1 Å². The Morgan fingerprint density at radius 2 is 1.84 bits per heavy atom. The van der Waals surface area contributed by atoms with Crippen molar-refractivity contribution in [2.75, 3.05) is 0 Å². The molecule has 98 valence electrons. The molecule has 1 fully saturated rings. The van der Waals surface area contributed by atoms with Crippen molar-refractivity contribution in [2.24, 2.45) is 11.8 Å². The van der Waals surface area contributed by atoms with E-state index in [9.17, 15) is 0 Å². The molecule has 1 aromatic carbocycles. The Morgan fingerprint density at radius 1 is 1.00 bits per heavy atom. The summed E-state index contributed by atoms with van der Waals surface area (Å²) in [6.45, 7) is 0. The van der Waals surface area contributed by atoms with Gasteiger partial charge in [0.25, 0.3) is 0 Å². The number of hydrogen-bond acceptors (Lipinski definition) is 1. The summed E-state index contributed by atoms with van der Waals surface area (Å²) in [6, 6.07) is 10.5. The van der Waals surface area contributed by atoms with Crippen molar-refractivity contribution in [2.45, 2.75) is 38.5 Å². The number of hydrogen-bond donors (Lipinski definition) is 0. The number of para-hydroxylation sites is 1. The molecule has 2 aliphatic carbocycles. The normalized spacial score (nSPS) is 27.1. The molecule has 2 atom stereocenters. The third-order valence-electron chi connectivity index (χ3n) is 4.96. The Kier molecular flexibility index (Phi) is 2.72. The van der Waals surface area contributed by atoms with Crippen LogP contribution >= 0.6 is 0 Å². The number of fused-ring (bicyclic) bond motifs is 2. The Bertz CT molecular complexity index is 586. The van der Waals surface area contributed by atoms with Crippen LogP contribution in [0.1, 0.15) is 44.3 Å². The molecule has 2 aliphatic rings. The fourth-order valence-electron chi connectivity index (χ4n) is 3.86. The molecule has 0 aliphatic heterocycles. The van der Waals surface area contributed by atoms with Gasteiger partial charge in [-0.05, 0) is 55.2 Å².